The van der Waals surface area contributed by atoms with Crippen molar-refractivity contribution in [3.05, 3.63) is 99.7 Å². The van der Waals surface area contributed by atoms with Gasteiger partial charge in [0.25, 0.3) is 0 Å². The number of nitrogens with zero attached hydrogens (tertiary/aromatic N) is 6. The van der Waals surface area contributed by atoms with E-state index >= 15 is 0 Å². The molecule has 4 amide bonds. The number of carbonyl (C=O) groups is 2. The van der Waals surface area contributed by atoms with Crippen LogP contribution in [0.4, 0.5) is 55.8 Å². The third kappa shape index (κ3) is 6.83. The van der Waals surface area contributed by atoms with Crippen molar-refractivity contribution in [2.45, 2.75) is 30.3 Å². The number of thioether (sulfide) groups is 2. The van der Waals surface area contributed by atoms with Gasteiger partial charge in [0.05, 0.1) is 24.3 Å². The number of benzene rings is 3. The Labute approximate surface area is 302 Å². The Balaban J connectivity index is 0.000000183. The monoisotopic (exact) mass is 755 g/mol. The molecule has 2 aliphatic rings. The van der Waals surface area contributed by atoms with Gasteiger partial charge in [-0.1, -0.05) is 53.3 Å². The maximum Gasteiger partial charge on any atom is 0.328 e. The molecule has 0 aliphatic carbocycles. The van der Waals surface area contributed by atoms with Gasteiger partial charge >= 0.3 is 12.1 Å². The molecule has 262 valence electrons. The number of fused-ring (bicyclic) bond motifs is 2. The molecule has 0 radical (unpaired) electrons. The number of amides is 4. The molecule has 5 aromatic rings. The summed E-state index contributed by atoms with van der Waals surface area (Å²) in [5.74, 6) is -3.24. The Morgan fingerprint density at radius 2 is 1.20 bits per heavy atom. The first-order valence-corrected chi connectivity index (χ1v) is 17.7. The number of hydrogen-bond acceptors (Lipinski definition) is 9. The molecule has 2 aliphatic heterocycles. The molecule has 7 rings (SSSR count). The number of urea groups is 2. The summed E-state index contributed by atoms with van der Waals surface area (Å²) in [7, 11) is 0. The molecule has 11 nitrogen and oxygen atoms in total. The molecule has 4 heterocycles. The van der Waals surface area contributed by atoms with Crippen LogP contribution in [0.1, 0.15) is 16.7 Å². The van der Waals surface area contributed by atoms with Crippen LogP contribution in [0.5, 0.6) is 0 Å². The number of nitrogen functional groups attached to an aromatic ring is 1. The van der Waals surface area contributed by atoms with E-state index in [0.717, 1.165) is 45.2 Å². The van der Waals surface area contributed by atoms with E-state index in [1.165, 1.54) is 35.7 Å². The van der Waals surface area contributed by atoms with E-state index in [1.54, 1.807) is 24.6 Å². The average molecular weight is 756 g/mol. The summed E-state index contributed by atoms with van der Waals surface area (Å²) in [4.78, 5) is 43.8. The van der Waals surface area contributed by atoms with Crippen LogP contribution in [0.15, 0.2) is 64.9 Å². The second-order valence-electron chi connectivity index (χ2n) is 10.9. The molecule has 18 heteroatoms. The largest absolute Gasteiger partial charge is 0.399 e. The van der Waals surface area contributed by atoms with Crippen LogP contribution in [0.2, 0.25) is 5.15 Å². The van der Waals surface area contributed by atoms with E-state index in [0.29, 0.717) is 32.8 Å². The van der Waals surface area contributed by atoms with Crippen molar-refractivity contribution < 1.29 is 27.2 Å². The Hall–Kier alpha value is -5.13. The molecule has 2 aromatic heterocycles. The highest BCUT2D eigenvalue weighted by molar-refractivity contribution is 7.98. The van der Waals surface area contributed by atoms with Gasteiger partial charge in [-0.15, -0.1) is 0 Å². The van der Waals surface area contributed by atoms with Crippen molar-refractivity contribution in [3.8, 4) is 11.3 Å². The summed E-state index contributed by atoms with van der Waals surface area (Å²) in [5.41, 5.74) is 8.75. The SMILES string of the molecule is CSc1nc(-c2cc(N)ccc2C)c2c(n1)N(c1c(F)cccc1F)C(=O)NC2.CSc1nc(Cl)c2c(n1)N(c1c(F)cccc1F)C(=O)NC2. The molecule has 0 fully saturated rings. The Bertz CT molecular complexity index is 2170. The molecule has 0 atom stereocenters. The van der Waals surface area contributed by atoms with E-state index in [-0.39, 0.29) is 29.9 Å². The number of para-hydroxylation sites is 2. The van der Waals surface area contributed by atoms with Gasteiger partial charge in [0.2, 0.25) is 0 Å². The third-order valence-electron chi connectivity index (χ3n) is 7.75. The Morgan fingerprint density at radius 3 is 1.71 bits per heavy atom. The first-order chi connectivity index (χ1) is 24.4. The summed E-state index contributed by atoms with van der Waals surface area (Å²) < 4.78 is 57.1. The number of aryl methyl sites for hydroxylation is 1. The minimum Gasteiger partial charge on any atom is -0.399 e. The fourth-order valence-corrected chi connectivity index (χ4v) is 6.36. The van der Waals surface area contributed by atoms with Crippen LogP contribution in [0, 0.1) is 30.2 Å². The quantitative estimate of drug-likeness (QED) is 0.0537. The van der Waals surface area contributed by atoms with Gasteiger partial charge in [-0.05, 0) is 61.4 Å². The first kappa shape index (κ1) is 35.7. The highest BCUT2D eigenvalue weighted by atomic mass is 35.5. The normalized spacial score (nSPS) is 13.5. The average Bonchev–Trinajstić information content (AvgIpc) is 3.10. The molecule has 0 saturated heterocycles. The second kappa shape index (κ2) is 14.6. The first-order valence-electron chi connectivity index (χ1n) is 14.9. The lowest BCUT2D eigenvalue weighted by atomic mass is 9.99. The van der Waals surface area contributed by atoms with Gasteiger partial charge in [-0.25, -0.2) is 56.9 Å². The van der Waals surface area contributed by atoms with Crippen LogP contribution in [0.25, 0.3) is 11.3 Å². The number of nitrogens with two attached hydrogens (primary N) is 1. The number of aromatic nitrogens is 4. The van der Waals surface area contributed by atoms with E-state index in [2.05, 4.69) is 30.6 Å². The van der Waals surface area contributed by atoms with Crippen molar-refractivity contribution in [3.63, 3.8) is 0 Å². The van der Waals surface area contributed by atoms with Crippen LogP contribution in [0.3, 0.4) is 0 Å². The molecule has 4 N–H and O–H groups in total. The predicted octanol–water partition coefficient (Wildman–Crippen LogP) is 7.89. The number of hydrogen-bond donors (Lipinski definition) is 3. The van der Waals surface area contributed by atoms with Crippen LogP contribution < -0.4 is 26.2 Å². The molecule has 0 spiro atoms. The van der Waals surface area contributed by atoms with Gasteiger partial charge in [-0.3, -0.25) is 0 Å². The third-order valence-corrected chi connectivity index (χ3v) is 9.15. The zero-order valence-corrected chi connectivity index (χ0v) is 29.3. The molecule has 0 unspecified atom stereocenters. The van der Waals surface area contributed by atoms with Crippen LogP contribution in [-0.4, -0.2) is 44.5 Å². The van der Waals surface area contributed by atoms with Crippen molar-refractivity contribution in [2.75, 3.05) is 28.0 Å². The fraction of sp³-hybridized carbons (Fsp3) is 0.152. The van der Waals surface area contributed by atoms with E-state index in [9.17, 15) is 27.2 Å². The molecule has 3 aromatic carbocycles. The number of rotatable bonds is 5. The highest BCUT2D eigenvalue weighted by Gasteiger charge is 2.35. The van der Waals surface area contributed by atoms with E-state index < -0.39 is 46.7 Å². The van der Waals surface area contributed by atoms with Crippen molar-refractivity contribution in [2.24, 2.45) is 0 Å². The van der Waals surface area contributed by atoms with Gasteiger partial charge < -0.3 is 16.4 Å². The second-order valence-corrected chi connectivity index (χ2v) is 12.8. The van der Waals surface area contributed by atoms with Gasteiger partial charge in [-0.2, -0.15) is 0 Å². The zero-order chi connectivity index (χ0) is 36.6. The Morgan fingerprint density at radius 1 is 0.725 bits per heavy atom. The maximum atomic E-state index is 14.5. The number of halogens is 5. The molecule has 51 heavy (non-hydrogen) atoms. The molecule has 0 bridgehead atoms. The van der Waals surface area contributed by atoms with Crippen molar-refractivity contribution >= 4 is 75.9 Å². The Kier molecular flexibility index (Phi) is 10.2. The molecular formula is C33H26ClF4N9O2S2. The highest BCUT2D eigenvalue weighted by Crippen LogP contribution is 2.40. The smallest absolute Gasteiger partial charge is 0.328 e. The lowest BCUT2D eigenvalue weighted by molar-refractivity contribution is 0.245. The van der Waals surface area contributed by atoms with Crippen molar-refractivity contribution in [1.82, 2.24) is 30.6 Å². The fourth-order valence-electron chi connectivity index (χ4n) is 5.36. The predicted molar refractivity (Wildman–Crippen MR) is 189 cm³/mol. The summed E-state index contributed by atoms with van der Waals surface area (Å²) in [6.07, 6.45) is 3.52. The summed E-state index contributed by atoms with van der Waals surface area (Å²) in [6.45, 7) is 2.13. The number of nitrogens with one attached hydrogen (secondary N) is 2. The van der Waals surface area contributed by atoms with Gasteiger partial charge in [0.1, 0.15) is 39.8 Å². The summed E-state index contributed by atoms with van der Waals surface area (Å²) in [6, 6.07) is 10.9. The summed E-state index contributed by atoms with van der Waals surface area (Å²) in [5, 5.41) is 5.97. The minimum absolute atomic E-state index is 0.0806. The minimum atomic E-state index is -0.872. The van der Waals surface area contributed by atoms with Crippen molar-refractivity contribution in [1.29, 1.82) is 0 Å². The molecular weight excluding hydrogens is 730 g/mol. The lowest BCUT2D eigenvalue weighted by Crippen LogP contribution is -2.43. The van der Waals surface area contributed by atoms with Crippen LogP contribution in [-0.2, 0) is 13.1 Å². The number of carbonyl (C=O) groups excluding carboxylic acids is 2. The standard InChI is InChI=1S/C20H17F2N5OS.C13H9ClF2N4OS/c1-10-6-7-11(23)8-12(10)16-13-9-24-20(28)27(18(13)26-19(25-16)29-2)17-14(21)4-3-5-15(17)22;1-22-12-18-10(14)6-5-17-13(21)20(11(6)19-12)9-7(15)3-2-4-8(9)16/h3-8H,9,23H2,1-2H3,(H,24,28);2-4H,5H2,1H3,(H,17,21). The number of anilines is 5. The maximum absolute atomic E-state index is 14.5. The summed E-state index contributed by atoms with van der Waals surface area (Å²) >= 11 is 8.55. The lowest BCUT2D eigenvalue weighted by Gasteiger charge is -2.30. The molecule has 0 saturated carbocycles. The van der Waals surface area contributed by atoms with E-state index in [1.807, 2.05) is 13.0 Å². The zero-order valence-electron chi connectivity index (χ0n) is 26.9. The van der Waals surface area contributed by atoms with Gasteiger partial charge in [0, 0.05) is 16.8 Å². The van der Waals surface area contributed by atoms with Crippen LogP contribution >= 0.6 is 35.1 Å². The van der Waals surface area contributed by atoms with Gasteiger partial charge in [0.15, 0.2) is 21.9 Å². The van der Waals surface area contributed by atoms with E-state index in [4.69, 9.17) is 17.3 Å². The topological polar surface area (TPSA) is 142 Å².